The maximum Gasteiger partial charge on any atom is 0.274 e. The smallest absolute Gasteiger partial charge is 0.274 e. The minimum absolute atomic E-state index is 0.268. The average molecular weight is 417 g/mol. The first-order valence-electron chi connectivity index (χ1n) is 10.2. The highest BCUT2D eigenvalue weighted by Gasteiger charge is 2.11. The predicted octanol–water partition coefficient (Wildman–Crippen LogP) is 5.69. The van der Waals surface area contributed by atoms with Crippen molar-refractivity contribution in [2.45, 2.75) is 0 Å². The lowest BCUT2D eigenvalue weighted by Crippen LogP contribution is -2.13. The van der Waals surface area contributed by atoms with Gasteiger partial charge in [-0.25, -0.2) is 15.0 Å². The number of carbonyl (C=O) groups is 1. The third-order valence-electron chi connectivity index (χ3n) is 4.93. The van der Waals surface area contributed by atoms with E-state index >= 15 is 0 Å². The number of nitrogens with zero attached hydrogens (tertiary/aromatic N) is 3. The molecule has 0 saturated heterocycles. The third kappa shape index (κ3) is 4.15. The number of fused-ring (bicyclic) bond motifs is 1. The van der Waals surface area contributed by atoms with Crippen LogP contribution in [0.15, 0.2) is 103 Å². The fourth-order valence-corrected chi connectivity index (χ4v) is 3.40. The molecule has 0 aliphatic carbocycles. The number of anilines is 3. The summed E-state index contributed by atoms with van der Waals surface area (Å²) in [4.78, 5) is 26.1. The zero-order valence-corrected chi connectivity index (χ0v) is 17.1. The standard InChI is InChI=1S/C26H19N5O/c32-25(28-19-11-5-2-6-12-19)23-16-15-20(17-27-23)29-26-30-22-14-8-7-13-21(22)24(31-26)18-9-3-1-4-10-18/h1-17H,(H,28,32)(H,29,30,31). The van der Waals surface area contributed by atoms with Gasteiger partial charge in [0.15, 0.2) is 0 Å². The number of pyridine rings is 1. The first kappa shape index (κ1) is 19.4. The lowest BCUT2D eigenvalue weighted by molar-refractivity contribution is 0.102. The first-order chi connectivity index (χ1) is 15.8. The summed E-state index contributed by atoms with van der Waals surface area (Å²) < 4.78 is 0. The fraction of sp³-hybridized carbons (Fsp3) is 0. The van der Waals surface area contributed by atoms with Crippen molar-refractivity contribution in [3.05, 3.63) is 109 Å². The van der Waals surface area contributed by atoms with Gasteiger partial charge >= 0.3 is 0 Å². The van der Waals surface area contributed by atoms with Crippen LogP contribution < -0.4 is 10.6 Å². The van der Waals surface area contributed by atoms with E-state index in [0.29, 0.717) is 17.3 Å². The van der Waals surface area contributed by atoms with E-state index in [1.54, 1.807) is 18.3 Å². The quantitative estimate of drug-likeness (QED) is 0.384. The Morgan fingerprint density at radius 1 is 0.688 bits per heavy atom. The number of nitrogens with one attached hydrogen (secondary N) is 2. The molecular formula is C26H19N5O. The van der Waals surface area contributed by atoms with Crippen molar-refractivity contribution in [3.8, 4) is 11.3 Å². The minimum Gasteiger partial charge on any atom is -0.323 e. The second kappa shape index (κ2) is 8.65. The van der Waals surface area contributed by atoms with E-state index in [9.17, 15) is 4.79 Å². The van der Waals surface area contributed by atoms with Gasteiger partial charge in [-0.2, -0.15) is 0 Å². The van der Waals surface area contributed by atoms with Crippen LogP contribution in [0.25, 0.3) is 22.2 Å². The molecule has 6 heteroatoms. The zero-order chi connectivity index (χ0) is 21.8. The summed E-state index contributed by atoms with van der Waals surface area (Å²) in [7, 11) is 0. The summed E-state index contributed by atoms with van der Waals surface area (Å²) in [6, 6.07) is 30.7. The molecule has 0 unspecified atom stereocenters. The van der Waals surface area contributed by atoms with Gasteiger partial charge in [-0.1, -0.05) is 66.7 Å². The molecule has 5 rings (SSSR count). The largest absolute Gasteiger partial charge is 0.323 e. The fourth-order valence-electron chi connectivity index (χ4n) is 3.40. The SMILES string of the molecule is O=C(Nc1ccccc1)c1ccc(Nc2nc(-c3ccccc3)c3ccccc3n2)cn1. The maximum atomic E-state index is 12.4. The van der Waals surface area contributed by atoms with Crippen molar-refractivity contribution in [2.75, 3.05) is 10.6 Å². The Bertz CT molecular complexity index is 1370. The van der Waals surface area contributed by atoms with E-state index in [2.05, 4.69) is 20.6 Å². The van der Waals surface area contributed by atoms with Gasteiger partial charge < -0.3 is 10.6 Å². The van der Waals surface area contributed by atoms with Crippen LogP contribution >= 0.6 is 0 Å². The van der Waals surface area contributed by atoms with E-state index in [1.165, 1.54) is 0 Å². The van der Waals surface area contributed by atoms with Crippen LogP contribution in [-0.2, 0) is 0 Å². The van der Waals surface area contributed by atoms with Gasteiger partial charge in [0.2, 0.25) is 5.95 Å². The Labute approximate surface area is 185 Å². The van der Waals surface area contributed by atoms with E-state index in [-0.39, 0.29) is 5.91 Å². The zero-order valence-electron chi connectivity index (χ0n) is 17.1. The Morgan fingerprint density at radius 3 is 2.16 bits per heavy atom. The van der Waals surface area contributed by atoms with Crippen LogP contribution in [0.2, 0.25) is 0 Å². The topological polar surface area (TPSA) is 79.8 Å². The number of hydrogen-bond acceptors (Lipinski definition) is 5. The molecule has 1 amide bonds. The van der Waals surface area contributed by atoms with Crippen LogP contribution in [0.1, 0.15) is 10.5 Å². The summed E-state index contributed by atoms with van der Waals surface area (Å²) in [5.41, 5.74) is 4.44. The van der Waals surface area contributed by atoms with Crippen LogP contribution in [0, 0.1) is 0 Å². The van der Waals surface area contributed by atoms with Crippen molar-refractivity contribution in [3.63, 3.8) is 0 Å². The highest BCUT2D eigenvalue weighted by molar-refractivity contribution is 6.03. The molecule has 2 heterocycles. The molecule has 0 fully saturated rings. The summed E-state index contributed by atoms with van der Waals surface area (Å²) >= 11 is 0. The number of aromatic nitrogens is 3. The van der Waals surface area contributed by atoms with Crippen molar-refractivity contribution in [1.29, 1.82) is 0 Å². The molecule has 2 N–H and O–H groups in total. The molecule has 0 aliphatic rings. The van der Waals surface area contributed by atoms with Crippen LogP contribution in [0.5, 0.6) is 0 Å². The number of rotatable bonds is 5. The highest BCUT2D eigenvalue weighted by Crippen LogP contribution is 2.28. The molecule has 154 valence electrons. The summed E-state index contributed by atoms with van der Waals surface area (Å²) in [5.74, 6) is 0.196. The molecule has 6 nitrogen and oxygen atoms in total. The molecule has 0 spiro atoms. The molecule has 0 atom stereocenters. The van der Waals surface area contributed by atoms with Crippen LogP contribution in [0.4, 0.5) is 17.3 Å². The molecule has 0 radical (unpaired) electrons. The second-order valence-corrected chi connectivity index (χ2v) is 7.16. The number of para-hydroxylation sites is 2. The Morgan fingerprint density at radius 2 is 1.41 bits per heavy atom. The number of benzene rings is 3. The Balaban J connectivity index is 1.40. The van der Waals surface area contributed by atoms with Crippen molar-refractivity contribution in [2.24, 2.45) is 0 Å². The maximum absolute atomic E-state index is 12.4. The Hall–Kier alpha value is -4.58. The van der Waals surface area contributed by atoms with Gasteiger partial charge in [0, 0.05) is 16.6 Å². The molecular weight excluding hydrogens is 398 g/mol. The molecule has 32 heavy (non-hydrogen) atoms. The summed E-state index contributed by atoms with van der Waals surface area (Å²) in [5, 5.41) is 7.01. The minimum atomic E-state index is -0.268. The van der Waals surface area contributed by atoms with Gasteiger partial charge in [-0.3, -0.25) is 4.79 Å². The average Bonchev–Trinajstić information content (AvgIpc) is 2.85. The van der Waals surface area contributed by atoms with Gasteiger partial charge in [-0.05, 0) is 30.3 Å². The van der Waals surface area contributed by atoms with Gasteiger partial charge in [0.1, 0.15) is 5.69 Å². The third-order valence-corrected chi connectivity index (χ3v) is 4.93. The van der Waals surface area contributed by atoms with Crippen molar-refractivity contribution < 1.29 is 4.79 Å². The lowest BCUT2D eigenvalue weighted by atomic mass is 10.1. The normalized spacial score (nSPS) is 10.6. The molecule has 2 aromatic heterocycles. The van der Waals surface area contributed by atoms with Crippen molar-refractivity contribution >= 4 is 34.1 Å². The molecule has 0 saturated carbocycles. The predicted molar refractivity (Wildman–Crippen MR) is 127 cm³/mol. The van der Waals surface area contributed by atoms with Gasteiger partial charge in [-0.15, -0.1) is 0 Å². The van der Waals surface area contributed by atoms with E-state index in [4.69, 9.17) is 4.98 Å². The number of carbonyl (C=O) groups excluding carboxylic acids is 1. The Kier molecular flexibility index (Phi) is 5.24. The van der Waals surface area contributed by atoms with Crippen LogP contribution in [0.3, 0.4) is 0 Å². The second-order valence-electron chi connectivity index (χ2n) is 7.16. The lowest BCUT2D eigenvalue weighted by Gasteiger charge is -2.11. The number of hydrogen-bond donors (Lipinski definition) is 2. The molecule has 5 aromatic rings. The highest BCUT2D eigenvalue weighted by atomic mass is 16.1. The monoisotopic (exact) mass is 417 g/mol. The van der Waals surface area contributed by atoms with Crippen molar-refractivity contribution in [1.82, 2.24) is 15.0 Å². The molecule has 3 aromatic carbocycles. The van der Waals surface area contributed by atoms with Crippen LogP contribution in [-0.4, -0.2) is 20.9 Å². The first-order valence-corrected chi connectivity index (χ1v) is 10.2. The van der Waals surface area contributed by atoms with E-state index in [0.717, 1.165) is 27.8 Å². The summed E-state index contributed by atoms with van der Waals surface area (Å²) in [6.45, 7) is 0. The summed E-state index contributed by atoms with van der Waals surface area (Å²) in [6.07, 6.45) is 1.60. The molecule has 0 bridgehead atoms. The number of amides is 1. The van der Waals surface area contributed by atoms with E-state index in [1.807, 2.05) is 84.9 Å². The van der Waals surface area contributed by atoms with Gasteiger partial charge in [0.05, 0.1) is 23.1 Å². The molecule has 0 aliphatic heterocycles. The van der Waals surface area contributed by atoms with E-state index < -0.39 is 0 Å². The van der Waals surface area contributed by atoms with Gasteiger partial charge in [0.25, 0.3) is 5.91 Å².